The number of thioether (sulfide) groups is 2. The van der Waals surface area contributed by atoms with E-state index in [-0.39, 0.29) is 12.2 Å². The topological polar surface area (TPSA) is 152 Å². The second-order valence-corrected chi connectivity index (χ2v) is 9.24. The lowest BCUT2D eigenvalue weighted by Gasteiger charge is -2.49. The molecule has 2 aromatic rings. The lowest BCUT2D eigenvalue weighted by molar-refractivity contribution is -0.148. The molecule has 1 fully saturated rings. The summed E-state index contributed by atoms with van der Waals surface area (Å²) in [6.45, 7) is 0.275. The number of carboxylic acid groups (broad SMARTS) is 1. The van der Waals surface area contributed by atoms with Crippen LogP contribution in [0.2, 0.25) is 0 Å². The van der Waals surface area contributed by atoms with Crippen molar-refractivity contribution < 1.29 is 24.2 Å². The largest absolute Gasteiger partial charge is 0.497 e. The summed E-state index contributed by atoms with van der Waals surface area (Å²) in [5.41, 5.74) is 1.44. The van der Waals surface area contributed by atoms with Crippen LogP contribution in [0.5, 0.6) is 5.75 Å². The number of aryl methyl sites for hydroxylation is 1. The van der Waals surface area contributed by atoms with Crippen LogP contribution in [0.15, 0.2) is 40.7 Å². The Balaban J connectivity index is 1.36. The number of hydrogen-bond donors (Lipinski definition) is 3. The van der Waals surface area contributed by atoms with Crippen LogP contribution in [0.1, 0.15) is 5.56 Å². The number of benzene rings is 1. The van der Waals surface area contributed by atoms with E-state index in [0.29, 0.717) is 28.0 Å². The number of nitrogens with one attached hydrogen (secondary N) is 2. The Labute approximate surface area is 197 Å². The van der Waals surface area contributed by atoms with Gasteiger partial charge in [-0.1, -0.05) is 23.9 Å². The monoisotopic (exact) mass is 491 g/mol. The number of hydrogen-bond acceptors (Lipinski definition) is 9. The van der Waals surface area contributed by atoms with Crippen molar-refractivity contribution in [2.75, 3.05) is 18.6 Å². The van der Waals surface area contributed by atoms with E-state index >= 15 is 0 Å². The molecule has 2 atom stereocenters. The number of methoxy groups -OCH3 is 1. The molecule has 2 aliphatic heterocycles. The number of ether oxygens (including phenoxy) is 1. The molecule has 0 aliphatic carbocycles. The minimum Gasteiger partial charge on any atom is -0.497 e. The third-order valence-electron chi connectivity index (χ3n) is 5.11. The van der Waals surface area contributed by atoms with Crippen LogP contribution < -0.4 is 15.4 Å². The number of aromatic nitrogens is 4. The molecule has 1 unspecified atom stereocenters. The SMILES string of the molecule is COc1ccc(CNC(=O)NC2C(=O)N3C(C(=O)O)=C(CSc4nnnn4C)CS[C@@H]23)cc1. The second-order valence-electron chi connectivity index (χ2n) is 7.19. The van der Waals surface area contributed by atoms with Gasteiger partial charge in [0, 0.05) is 25.1 Å². The van der Waals surface area contributed by atoms with Gasteiger partial charge in [0.15, 0.2) is 0 Å². The number of urea groups is 1. The Morgan fingerprint density at radius 1 is 1.33 bits per heavy atom. The lowest BCUT2D eigenvalue weighted by atomic mass is 10.0. The van der Waals surface area contributed by atoms with Gasteiger partial charge in [-0.05, 0) is 33.7 Å². The molecule has 3 amide bonds. The molecule has 4 rings (SSSR count). The molecule has 2 aliphatic rings. The van der Waals surface area contributed by atoms with Gasteiger partial charge >= 0.3 is 12.0 Å². The quantitative estimate of drug-likeness (QED) is 0.350. The number of fused-ring (bicyclic) bond motifs is 1. The normalized spacial score (nSPS) is 19.6. The van der Waals surface area contributed by atoms with Gasteiger partial charge in [0.25, 0.3) is 5.91 Å². The first-order chi connectivity index (χ1) is 15.9. The molecule has 1 aromatic heterocycles. The van der Waals surface area contributed by atoms with Crippen molar-refractivity contribution >= 4 is 41.4 Å². The molecular weight excluding hydrogens is 470 g/mol. The minimum atomic E-state index is -1.18. The summed E-state index contributed by atoms with van der Waals surface area (Å²) in [7, 11) is 3.26. The van der Waals surface area contributed by atoms with Crippen LogP contribution in [-0.4, -0.2) is 78.2 Å². The van der Waals surface area contributed by atoms with Crippen molar-refractivity contribution in [3.05, 3.63) is 41.1 Å². The van der Waals surface area contributed by atoms with Crippen LogP contribution >= 0.6 is 23.5 Å². The standard InChI is InChI=1S/C19H21N7O5S2/c1-25-19(22-23-24-25)33-9-11-8-32-16-13(15(27)26(16)14(11)17(28)29)21-18(30)20-7-10-3-5-12(31-2)6-4-10/h3-6,13,16H,7-9H2,1-2H3,(H,28,29)(H2,20,21,30)/t13?,16-/m0/s1. The molecular formula is C19H21N7O5S2. The summed E-state index contributed by atoms with van der Waals surface area (Å²) >= 11 is 2.71. The van der Waals surface area contributed by atoms with Crippen LogP contribution in [0.25, 0.3) is 0 Å². The fraction of sp³-hybridized carbons (Fsp3) is 0.368. The van der Waals surface area contributed by atoms with Crippen LogP contribution in [-0.2, 0) is 23.2 Å². The van der Waals surface area contributed by atoms with Crippen molar-refractivity contribution in [3.63, 3.8) is 0 Å². The smallest absolute Gasteiger partial charge is 0.352 e. The third-order valence-corrected chi connectivity index (χ3v) is 7.54. The predicted molar refractivity (Wildman–Crippen MR) is 119 cm³/mol. The van der Waals surface area contributed by atoms with E-state index in [2.05, 4.69) is 26.2 Å². The van der Waals surface area contributed by atoms with Gasteiger partial charge in [0.05, 0.1) is 7.11 Å². The van der Waals surface area contributed by atoms with Crippen molar-refractivity contribution in [3.8, 4) is 5.75 Å². The number of carboxylic acids is 1. The van der Waals surface area contributed by atoms with E-state index in [0.717, 1.165) is 5.56 Å². The van der Waals surface area contributed by atoms with Gasteiger partial charge in [-0.25, -0.2) is 14.3 Å². The Bertz CT molecular complexity index is 1100. The molecule has 12 nitrogen and oxygen atoms in total. The van der Waals surface area contributed by atoms with Gasteiger partial charge in [-0.2, -0.15) is 0 Å². The summed E-state index contributed by atoms with van der Waals surface area (Å²) in [5.74, 6) is -0.166. The molecule has 1 aromatic carbocycles. The summed E-state index contributed by atoms with van der Waals surface area (Å²) in [6, 6.07) is 5.94. The number of aliphatic carboxylic acids is 1. The molecule has 174 valence electrons. The number of amides is 3. The predicted octanol–water partition coefficient (Wildman–Crippen LogP) is 0.433. The molecule has 14 heteroatoms. The van der Waals surface area contributed by atoms with E-state index in [1.165, 1.54) is 33.1 Å². The third kappa shape index (κ3) is 4.75. The zero-order chi connectivity index (χ0) is 23.5. The maximum Gasteiger partial charge on any atom is 0.352 e. The van der Waals surface area contributed by atoms with Gasteiger partial charge in [0.2, 0.25) is 5.16 Å². The summed E-state index contributed by atoms with van der Waals surface area (Å²) in [5, 5.41) is 26.4. The highest BCUT2D eigenvalue weighted by Gasteiger charge is 2.54. The molecule has 0 spiro atoms. The first kappa shape index (κ1) is 22.9. The molecule has 1 saturated heterocycles. The number of carbonyl (C=O) groups excluding carboxylic acids is 2. The van der Waals surface area contributed by atoms with Gasteiger partial charge in [-0.15, -0.1) is 16.9 Å². The van der Waals surface area contributed by atoms with E-state index in [4.69, 9.17) is 4.74 Å². The average Bonchev–Trinajstić information content (AvgIpc) is 3.23. The number of rotatable bonds is 8. The second kappa shape index (κ2) is 9.70. The Morgan fingerprint density at radius 3 is 2.73 bits per heavy atom. The van der Waals surface area contributed by atoms with Crippen LogP contribution in [0.4, 0.5) is 4.79 Å². The number of tetrazole rings is 1. The molecule has 0 radical (unpaired) electrons. The van der Waals surface area contributed by atoms with Gasteiger partial charge < -0.3 is 20.5 Å². The fourth-order valence-electron chi connectivity index (χ4n) is 3.41. The summed E-state index contributed by atoms with van der Waals surface area (Å²) < 4.78 is 6.59. The van der Waals surface area contributed by atoms with E-state index < -0.39 is 29.3 Å². The van der Waals surface area contributed by atoms with Gasteiger partial charge in [0.1, 0.15) is 22.9 Å². The maximum atomic E-state index is 12.7. The van der Waals surface area contributed by atoms with Crippen molar-refractivity contribution in [2.45, 2.75) is 23.1 Å². The Hall–Kier alpha value is -3.26. The average molecular weight is 492 g/mol. The summed E-state index contributed by atoms with van der Waals surface area (Å²) in [6.07, 6.45) is 0. The van der Waals surface area contributed by atoms with Crippen molar-refractivity contribution in [1.29, 1.82) is 0 Å². The molecule has 0 bridgehead atoms. The van der Waals surface area contributed by atoms with Crippen molar-refractivity contribution in [1.82, 2.24) is 35.7 Å². The van der Waals surface area contributed by atoms with Crippen LogP contribution in [0, 0.1) is 0 Å². The highest BCUT2D eigenvalue weighted by molar-refractivity contribution is 8.01. The first-order valence-electron chi connectivity index (χ1n) is 9.81. The molecule has 0 saturated carbocycles. The van der Waals surface area contributed by atoms with Gasteiger partial charge in [-0.3, -0.25) is 9.69 Å². The molecule has 33 heavy (non-hydrogen) atoms. The number of β-lactam (4-membered cyclic amide) rings is 1. The molecule has 3 heterocycles. The zero-order valence-electron chi connectivity index (χ0n) is 17.7. The van der Waals surface area contributed by atoms with Crippen molar-refractivity contribution in [2.24, 2.45) is 7.05 Å². The number of carbonyl (C=O) groups is 3. The summed E-state index contributed by atoms with van der Waals surface area (Å²) in [4.78, 5) is 38.3. The Morgan fingerprint density at radius 2 is 2.09 bits per heavy atom. The number of nitrogens with zero attached hydrogens (tertiary/aromatic N) is 5. The zero-order valence-corrected chi connectivity index (χ0v) is 19.4. The van der Waals surface area contributed by atoms with E-state index in [9.17, 15) is 19.5 Å². The lowest BCUT2D eigenvalue weighted by Crippen LogP contribution is -2.71. The maximum absolute atomic E-state index is 12.7. The highest BCUT2D eigenvalue weighted by atomic mass is 32.2. The van der Waals surface area contributed by atoms with E-state index in [1.807, 2.05) is 12.1 Å². The minimum absolute atomic E-state index is 0.0388. The van der Waals surface area contributed by atoms with E-state index in [1.54, 1.807) is 26.3 Å². The highest BCUT2D eigenvalue weighted by Crippen LogP contribution is 2.41. The fourth-order valence-corrected chi connectivity index (χ4v) is 5.74. The van der Waals surface area contributed by atoms with Crippen LogP contribution in [0.3, 0.4) is 0 Å². The first-order valence-corrected chi connectivity index (χ1v) is 11.8. The Kier molecular flexibility index (Phi) is 6.74. The molecule has 3 N–H and O–H groups in total.